The van der Waals surface area contributed by atoms with Crippen molar-refractivity contribution in [2.45, 2.75) is 25.9 Å². The van der Waals surface area contributed by atoms with Crippen LogP contribution in [0, 0.1) is 0 Å². The van der Waals surface area contributed by atoms with Gasteiger partial charge >= 0.3 is 6.18 Å². The molecule has 0 unspecified atom stereocenters. The van der Waals surface area contributed by atoms with Gasteiger partial charge in [0, 0.05) is 5.92 Å². The molecule has 1 aromatic heterocycles. The first-order valence-electron chi connectivity index (χ1n) is 3.32. The molecule has 1 heterocycles. The number of hydrogen-bond donors (Lipinski definition) is 0. The predicted octanol–water partition coefficient (Wildman–Crippen LogP) is 2.21. The fourth-order valence-electron chi connectivity index (χ4n) is 0.771. The summed E-state index contributed by atoms with van der Waals surface area (Å²) in [5, 5.41) is 5.97. The van der Waals surface area contributed by atoms with Crippen LogP contribution in [-0.2, 0) is 6.18 Å². The van der Waals surface area contributed by atoms with Crippen LogP contribution in [0.4, 0.5) is 13.2 Å². The van der Waals surface area contributed by atoms with Crippen LogP contribution in [0.25, 0.3) is 0 Å². The molecule has 1 rings (SSSR count). The Morgan fingerprint density at radius 2 is 1.83 bits per heavy atom. The number of nitrogens with zero attached hydrogens (tertiary/aromatic N) is 2. The molecule has 0 spiro atoms. The van der Waals surface area contributed by atoms with Gasteiger partial charge in [-0.2, -0.15) is 13.2 Å². The van der Waals surface area contributed by atoms with Gasteiger partial charge in [-0.15, -0.1) is 0 Å². The van der Waals surface area contributed by atoms with Crippen molar-refractivity contribution in [2.24, 2.45) is 0 Å². The van der Waals surface area contributed by atoms with Gasteiger partial charge in [0.25, 0.3) is 0 Å². The van der Waals surface area contributed by atoms with Gasteiger partial charge < -0.3 is 0 Å². The largest absolute Gasteiger partial charge is 0.438 e. The zero-order valence-corrected chi connectivity index (χ0v) is 6.51. The second-order valence-electron chi connectivity index (χ2n) is 2.65. The van der Waals surface area contributed by atoms with Crippen LogP contribution in [0.2, 0.25) is 0 Å². The summed E-state index contributed by atoms with van der Waals surface area (Å²) in [5.41, 5.74) is -1.18. The Kier molecular flexibility index (Phi) is 2.08. The first-order chi connectivity index (χ1) is 5.43. The van der Waals surface area contributed by atoms with Gasteiger partial charge in [-0.25, -0.2) is 4.63 Å². The Morgan fingerprint density at radius 1 is 1.25 bits per heavy atom. The Hall–Kier alpha value is -1.07. The van der Waals surface area contributed by atoms with Crippen LogP contribution in [0.5, 0.6) is 0 Å². The van der Waals surface area contributed by atoms with Gasteiger partial charge in [0.05, 0.1) is 0 Å². The van der Waals surface area contributed by atoms with E-state index in [4.69, 9.17) is 0 Å². The summed E-state index contributed by atoms with van der Waals surface area (Å²) in [5.74, 6) is -0.340. The summed E-state index contributed by atoms with van der Waals surface area (Å²) in [4.78, 5) is 0. The highest BCUT2D eigenvalue weighted by Gasteiger charge is 2.39. The van der Waals surface area contributed by atoms with Crippen LogP contribution in [0.3, 0.4) is 0 Å². The predicted molar refractivity (Wildman–Crippen MR) is 33.4 cm³/mol. The van der Waals surface area contributed by atoms with E-state index in [2.05, 4.69) is 14.9 Å². The highest BCUT2D eigenvalue weighted by atomic mass is 19.4. The lowest BCUT2D eigenvalue weighted by atomic mass is 10.1. The van der Waals surface area contributed by atoms with Gasteiger partial charge in [0.15, 0.2) is 0 Å². The van der Waals surface area contributed by atoms with Crippen molar-refractivity contribution >= 4 is 0 Å². The van der Waals surface area contributed by atoms with Gasteiger partial charge in [-0.05, 0) is 5.16 Å². The smallest absolute Gasteiger partial charge is 0.244 e. The Labute approximate surface area is 66.5 Å². The number of hydrogen-bond acceptors (Lipinski definition) is 3. The van der Waals surface area contributed by atoms with E-state index in [0.29, 0.717) is 0 Å². The molecule has 68 valence electrons. The van der Waals surface area contributed by atoms with Gasteiger partial charge in [0.2, 0.25) is 5.69 Å². The van der Waals surface area contributed by atoms with E-state index < -0.39 is 11.9 Å². The van der Waals surface area contributed by atoms with E-state index in [9.17, 15) is 13.2 Å². The van der Waals surface area contributed by atoms with Crippen LogP contribution in [0.1, 0.15) is 31.2 Å². The maximum atomic E-state index is 12.1. The molecule has 0 saturated heterocycles. The molecule has 0 N–H and O–H groups in total. The maximum Gasteiger partial charge on any atom is 0.438 e. The quantitative estimate of drug-likeness (QED) is 0.665. The Morgan fingerprint density at radius 3 is 2.17 bits per heavy atom. The van der Waals surface area contributed by atoms with E-state index in [1.807, 2.05) is 0 Å². The maximum absolute atomic E-state index is 12.1. The van der Waals surface area contributed by atoms with Crippen molar-refractivity contribution in [2.75, 3.05) is 0 Å². The van der Waals surface area contributed by atoms with E-state index in [-0.39, 0.29) is 11.6 Å². The van der Waals surface area contributed by atoms with E-state index in [1.165, 1.54) is 0 Å². The van der Waals surface area contributed by atoms with E-state index in [0.717, 1.165) is 0 Å². The summed E-state index contributed by atoms with van der Waals surface area (Å²) in [6.07, 6.45) is -4.47. The molecule has 0 atom stereocenters. The van der Waals surface area contributed by atoms with E-state index in [1.54, 1.807) is 13.8 Å². The number of rotatable bonds is 1. The lowest BCUT2D eigenvalue weighted by Gasteiger charge is -2.04. The molecular weight excluding hydrogens is 173 g/mol. The normalized spacial score (nSPS) is 12.5. The van der Waals surface area contributed by atoms with Crippen LogP contribution in [0.15, 0.2) is 4.63 Å². The average molecular weight is 180 g/mol. The van der Waals surface area contributed by atoms with Crippen molar-refractivity contribution in [3.8, 4) is 0 Å². The second-order valence-corrected chi connectivity index (χ2v) is 2.65. The molecule has 12 heavy (non-hydrogen) atoms. The minimum atomic E-state index is -4.47. The molecule has 0 saturated carbocycles. The highest BCUT2D eigenvalue weighted by Crippen LogP contribution is 2.32. The Balaban J connectivity index is 3.08. The molecule has 6 heteroatoms. The summed E-state index contributed by atoms with van der Waals surface area (Å²) in [6, 6.07) is 0. The SMILES string of the molecule is CC(C)c1nonc1C(F)(F)F. The standard InChI is InChI=1S/C6H7F3N2O/c1-3(2)4-5(6(7,8)9)11-12-10-4/h3H,1-2H3. The minimum Gasteiger partial charge on any atom is -0.244 e. The van der Waals surface area contributed by atoms with Crippen molar-refractivity contribution < 1.29 is 17.8 Å². The number of halogens is 3. The average Bonchev–Trinajstić information content (AvgIpc) is 2.30. The summed E-state index contributed by atoms with van der Waals surface area (Å²) >= 11 is 0. The van der Waals surface area contributed by atoms with Gasteiger partial charge in [-0.1, -0.05) is 19.0 Å². The molecule has 3 nitrogen and oxygen atoms in total. The lowest BCUT2D eigenvalue weighted by Crippen LogP contribution is -2.09. The summed E-state index contributed by atoms with van der Waals surface area (Å²) in [7, 11) is 0. The third kappa shape index (κ3) is 1.57. The third-order valence-electron chi connectivity index (χ3n) is 1.33. The van der Waals surface area contributed by atoms with Gasteiger partial charge in [0.1, 0.15) is 5.69 Å². The molecule has 0 aliphatic carbocycles. The van der Waals surface area contributed by atoms with Crippen LogP contribution >= 0.6 is 0 Å². The Bertz CT molecular complexity index is 266. The second kappa shape index (κ2) is 2.76. The first-order valence-corrected chi connectivity index (χ1v) is 3.32. The highest BCUT2D eigenvalue weighted by molar-refractivity contribution is 5.14. The number of aromatic nitrogens is 2. The molecule has 0 aliphatic heterocycles. The fourth-order valence-corrected chi connectivity index (χ4v) is 0.771. The first kappa shape index (κ1) is 9.02. The minimum absolute atomic E-state index is 0.150. The monoisotopic (exact) mass is 180 g/mol. The van der Waals surface area contributed by atoms with Crippen molar-refractivity contribution in [3.63, 3.8) is 0 Å². The molecule has 0 bridgehead atoms. The molecule has 0 aromatic carbocycles. The topological polar surface area (TPSA) is 38.9 Å². The molecular formula is C6H7F3N2O. The lowest BCUT2D eigenvalue weighted by molar-refractivity contribution is -0.143. The summed E-state index contributed by atoms with van der Waals surface area (Å²) < 4.78 is 40.3. The molecule has 0 amide bonds. The van der Waals surface area contributed by atoms with Crippen molar-refractivity contribution in [1.82, 2.24) is 10.3 Å². The summed E-state index contributed by atoms with van der Waals surface area (Å²) in [6.45, 7) is 3.18. The van der Waals surface area contributed by atoms with Crippen molar-refractivity contribution in [1.29, 1.82) is 0 Å². The van der Waals surface area contributed by atoms with E-state index >= 15 is 0 Å². The van der Waals surface area contributed by atoms with Crippen molar-refractivity contribution in [3.05, 3.63) is 11.4 Å². The van der Waals surface area contributed by atoms with Crippen LogP contribution in [-0.4, -0.2) is 10.3 Å². The van der Waals surface area contributed by atoms with Gasteiger partial charge in [-0.3, -0.25) is 0 Å². The third-order valence-corrected chi connectivity index (χ3v) is 1.33. The zero-order valence-electron chi connectivity index (χ0n) is 6.51. The molecule has 0 fully saturated rings. The number of alkyl halides is 3. The molecule has 0 radical (unpaired) electrons. The molecule has 1 aromatic rings. The fraction of sp³-hybridized carbons (Fsp3) is 0.667. The van der Waals surface area contributed by atoms with Crippen LogP contribution < -0.4 is 0 Å². The molecule has 0 aliphatic rings. The zero-order chi connectivity index (χ0) is 9.35.